The molecule has 8 heteroatoms. The molecule has 2 aliphatic heterocycles. The Labute approximate surface area is 169 Å². The van der Waals surface area contributed by atoms with Crippen molar-refractivity contribution in [2.24, 2.45) is 0 Å². The number of hydrogen-bond donors (Lipinski definition) is 0. The number of benzene rings is 1. The first-order chi connectivity index (χ1) is 12.4. The van der Waals surface area contributed by atoms with Crippen molar-refractivity contribution < 1.29 is 14.3 Å². The standard InChI is InChI=1S/C18H23Cl3N2O3/c1-12-10-23(6-7-25-12)13-2-4-22(5-3-13)18(24)11-26-17-9-15(20)14(19)8-16(17)21/h8-9,12-13H,2-7,10-11H2,1H3. The lowest BCUT2D eigenvalue weighted by atomic mass is 10.0. The largest absolute Gasteiger partial charge is 0.482 e. The van der Waals surface area contributed by atoms with Gasteiger partial charge >= 0.3 is 0 Å². The predicted octanol–water partition coefficient (Wildman–Crippen LogP) is 3.74. The van der Waals surface area contributed by atoms with Crippen LogP contribution in [0.25, 0.3) is 0 Å². The van der Waals surface area contributed by atoms with Gasteiger partial charge in [-0.1, -0.05) is 34.8 Å². The number of carbonyl (C=O) groups excluding carboxylic acids is 1. The van der Waals surface area contributed by atoms with E-state index < -0.39 is 0 Å². The number of amides is 1. The zero-order valence-electron chi connectivity index (χ0n) is 14.7. The molecule has 1 amide bonds. The van der Waals surface area contributed by atoms with Crippen LogP contribution in [0, 0.1) is 0 Å². The monoisotopic (exact) mass is 420 g/mol. The van der Waals surface area contributed by atoms with Gasteiger partial charge in [-0.3, -0.25) is 9.69 Å². The van der Waals surface area contributed by atoms with Gasteiger partial charge in [0.15, 0.2) is 6.61 Å². The summed E-state index contributed by atoms with van der Waals surface area (Å²) < 4.78 is 11.2. The summed E-state index contributed by atoms with van der Waals surface area (Å²) in [6, 6.07) is 3.57. The first-order valence-corrected chi connectivity index (χ1v) is 9.98. The van der Waals surface area contributed by atoms with Gasteiger partial charge in [-0.2, -0.15) is 0 Å². The number of hydrogen-bond acceptors (Lipinski definition) is 4. The van der Waals surface area contributed by atoms with E-state index >= 15 is 0 Å². The van der Waals surface area contributed by atoms with Gasteiger partial charge in [-0.25, -0.2) is 0 Å². The number of likely N-dealkylation sites (tertiary alicyclic amines) is 1. The number of rotatable bonds is 4. The second-order valence-corrected chi connectivity index (χ2v) is 8.00. The van der Waals surface area contributed by atoms with Crippen LogP contribution in [0.15, 0.2) is 12.1 Å². The van der Waals surface area contributed by atoms with E-state index in [9.17, 15) is 4.79 Å². The molecule has 1 aromatic carbocycles. The molecule has 0 aliphatic carbocycles. The Morgan fingerprint density at radius 3 is 2.54 bits per heavy atom. The molecule has 2 aliphatic rings. The quantitative estimate of drug-likeness (QED) is 0.695. The average molecular weight is 422 g/mol. The van der Waals surface area contributed by atoms with E-state index in [4.69, 9.17) is 44.3 Å². The molecule has 5 nitrogen and oxygen atoms in total. The molecular formula is C18H23Cl3N2O3. The second-order valence-electron chi connectivity index (χ2n) is 6.77. The van der Waals surface area contributed by atoms with Crippen molar-refractivity contribution in [1.82, 2.24) is 9.80 Å². The van der Waals surface area contributed by atoms with Crippen LogP contribution in [-0.2, 0) is 9.53 Å². The van der Waals surface area contributed by atoms with Gasteiger partial charge in [0, 0.05) is 38.3 Å². The molecule has 2 heterocycles. The number of halogens is 3. The van der Waals surface area contributed by atoms with Crippen molar-refractivity contribution in [1.29, 1.82) is 0 Å². The van der Waals surface area contributed by atoms with E-state index in [1.54, 1.807) is 0 Å². The van der Waals surface area contributed by atoms with E-state index in [-0.39, 0.29) is 18.6 Å². The molecule has 1 atom stereocenters. The average Bonchev–Trinajstić information content (AvgIpc) is 2.63. The molecule has 0 spiro atoms. The zero-order valence-corrected chi connectivity index (χ0v) is 17.0. The van der Waals surface area contributed by atoms with Crippen LogP contribution >= 0.6 is 34.8 Å². The third-order valence-corrected chi connectivity index (χ3v) is 5.95. The fourth-order valence-electron chi connectivity index (χ4n) is 3.50. The first-order valence-electron chi connectivity index (χ1n) is 8.85. The third-order valence-electron chi connectivity index (χ3n) is 4.93. The Kier molecular flexibility index (Phi) is 6.92. The normalized spacial score (nSPS) is 22.5. The molecule has 26 heavy (non-hydrogen) atoms. The first kappa shape index (κ1) is 20.0. The van der Waals surface area contributed by atoms with Gasteiger partial charge in [0.2, 0.25) is 0 Å². The van der Waals surface area contributed by atoms with E-state index in [0.29, 0.717) is 26.9 Å². The molecule has 2 saturated heterocycles. The molecule has 1 aromatic rings. The van der Waals surface area contributed by atoms with Crippen LogP contribution in [-0.4, -0.2) is 67.2 Å². The maximum absolute atomic E-state index is 12.4. The minimum absolute atomic E-state index is 0.0408. The van der Waals surface area contributed by atoms with Crippen molar-refractivity contribution >= 4 is 40.7 Å². The van der Waals surface area contributed by atoms with Crippen LogP contribution in [0.2, 0.25) is 15.1 Å². The van der Waals surface area contributed by atoms with Crippen molar-refractivity contribution in [2.75, 3.05) is 39.4 Å². The van der Waals surface area contributed by atoms with E-state index in [1.807, 2.05) is 4.90 Å². The highest BCUT2D eigenvalue weighted by Gasteiger charge is 2.29. The fourth-order valence-corrected chi connectivity index (χ4v) is 4.09. The number of ether oxygens (including phenoxy) is 2. The van der Waals surface area contributed by atoms with Gasteiger partial charge in [0.25, 0.3) is 5.91 Å². The zero-order chi connectivity index (χ0) is 18.7. The topological polar surface area (TPSA) is 42.0 Å². The van der Waals surface area contributed by atoms with Crippen molar-refractivity contribution in [3.8, 4) is 5.75 Å². The highest BCUT2D eigenvalue weighted by atomic mass is 35.5. The summed E-state index contributed by atoms with van der Waals surface area (Å²) in [4.78, 5) is 16.8. The van der Waals surface area contributed by atoms with E-state index in [1.165, 1.54) is 12.1 Å². The third kappa shape index (κ3) is 4.96. The predicted molar refractivity (Wildman–Crippen MR) is 104 cm³/mol. The SMILES string of the molecule is CC1CN(C2CCN(C(=O)COc3cc(Cl)c(Cl)cc3Cl)CC2)CCO1. The molecule has 144 valence electrons. The summed E-state index contributed by atoms with van der Waals surface area (Å²) in [7, 11) is 0. The fraction of sp³-hybridized carbons (Fsp3) is 0.611. The summed E-state index contributed by atoms with van der Waals surface area (Å²) >= 11 is 17.9. The molecular weight excluding hydrogens is 399 g/mol. The lowest BCUT2D eigenvalue weighted by Gasteiger charge is -2.41. The minimum atomic E-state index is -0.0586. The van der Waals surface area contributed by atoms with Crippen LogP contribution in [0.5, 0.6) is 5.75 Å². The molecule has 2 fully saturated rings. The smallest absolute Gasteiger partial charge is 0.260 e. The highest BCUT2D eigenvalue weighted by Crippen LogP contribution is 2.33. The Balaban J connectivity index is 1.47. The number of morpholine rings is 1. The number of piperidine rings is 1. The maximum Gasteiger partial charge on any atom is 0.260 e. The summed E-state index contributed by atoms with van der Waals surface area (Å²) in [5.74, 6) is 0.326. The second kappa shape index (κ2) is 8.98. The number of nitrogens with zero attached hydrogens (tertiary/aromatic N) is 2. The summed E-state index contributed by atoms with van der Waals surface area (Å²) in [5.41, 5.74) is 0. The lowest BCUT2D eigenvalue weighted by molar-refractivity contribution is -0.135. The van der Waals surface area contributed by atoms with Gasteiger partial charge in [-0.15, -0.1) is 0 Å². The van der Waals surface area contributed by atoms with Gasteiger partial charge in [-0.05, 0) is 25.8 Å². The van der Waals surface area contributed by atoms with Crippen LogP contribution in [0.4, 0.5) is 0 Å². The number of carbonyl (C=O) groups is 1. The Morgan fingerprint density at radius 2 is 1.85 bits per heavy atom. The van der Waals surface area contributed by atoms with Gasteiger partial charge in [0.05, 0.1) is 27.8 Å². The molecule has 1 unspecified atom stereocenters. The molecule has 3 rings (SSSR count). The maximum atomic E-state index is 12.4. The van der Waals surface area contributed by atoms with Crippen molar-refractivity contribution in [3.63, 3.8) is 0 Å². The highest BCUT2D eigenvalue weighted by molar-refractivity contribution is 6.43. The van der Waals surface area contributed by atoms with Gasteiger partial charge < -0.3 is 14.4 Å². The molecule has 0 radical (unpaired) electrons. The lowest BCUT2D eigenvalue weighted by Crippen LogP contribution is -2.52. The van der Waals surface area contributed by atoms with Crippen molar-refractivity contribution in [2.45, 2.75) is 31.9 Å². The summed E-state index contributed by atoms with van der Waals surface area (Å²) in [5, 5.41) is 1.04. The summed E-state index contributed by atoms with van der Waals surface area (Å²) in [6.07, 6.45) is 2.24. The minimum Gasteiger partial charge on any atom is -0.482 e. The molecule has 0 N–H and O–H groups in total. The van der Waals surface area contributed by atoms with Crippen LogP contribution in [0.1, 0.15) is 19.8 Å². The molecule has 0 aromatic heterocycles. The van der Waals surface area contributed by atoms with Crippen LogP contribution in [0.3, 0.4) is 0 Å². The Morgan fingerprint density at radius 1 is 1.15 bits per heavy atom. The van der Waals surface area contributed by atoms with Crippen molar-refractivity contribution in [3.05, 3.63) is 27.2 Å². The van der Waals surface area contributed by atoms with Crippen LogP contribution < -0.4 is 4.74 Å². The molecule has 0 saturated carbocycles. The van der Waals surface area contributed by atoms with E-state index in [0.717, 1.165) is 45.6 Å². The Bertz CT molecular complexity index is 651. The van der Waals surface area contributed by atoms with Gasteiger partial charge in [0.1, 0.15) is 5.75 Å². The van der Waals surface area contributed by atoms with E-state index in [2.05, 4.69) is 11.8 Å². The molecule has 0 bridgehead atoms. The summed E-state index contributed by atoms with van der Waals surface area (Å²) in [6.45, 7) is 6.27. The Hall–Kier alpha value is -0.720.